The van der Waals surface area contributed by atoms with E-state index in [4.69, 9.17) is 9.31 Å². The zero-order valence-electron chi connectivity index (χ0n) is 14.6. The predicted octanol–water partition coefficient (Wildman–Crippen LogP) is 1.62. The molecule has 0 aromatic carbocycles. The summed E-state index contributed by atoms with van der Waals surface area (Å²) in [6.07, 6.45) is 4.81. The highest BCUT2D eigenvalue weighted by atomic mass is 19.1. The standard InChI is InChI=1S/C16H27BFN3O2/c1-15(2)16(3,4)23-17(22-15)13-10-19-21(11-13)8-5-7-20-9-6-14(18)12-20/h10-11,14H,5-9,12H2,1-4H3/t14-/m1/s1. The maximum atomic E-state index is 13.1. The molecule has 128 valence electrons. The SMILES string of the molecule is CC1(C)OB(c2cnn(CCCN3CC[C@@H](F)C3)c2)OC1(C)C. The van der Waals surface area contributed by atoms with Gasteiger partial charge in [0.15, 0.2) is 0 Å². The lowest BCUT2D eigenvalue weighted by Crippen LogP contribution is -2.41. The quantitative estimate of drug-likeness (QED) is 0.772. The van der Waals surface area contributed by atoms with Crippen molar-refractivity contribution < 1.29 is 13.7 Å². The lowest BCUT2D eigenvalue weighted by atomic mass is 9.82. The van der Waals surface area contributed by atoms with Gasteiger partial charge in [0.1, 0.15) is 6.17 Å². The topological polar surface area (TPSA) is 39.5 Å². The van der Waals surface area contributed by atoms with Gasteiger partial charge in [-0.25, -0.2) is 4.39 Å². The van der Waals surface area contributed by atoms with Gasteiger partial charge in [-0.3, -0.25) is 4.68 Å². The Kier molecular flexibility index (Phi) is 4.55. The van der Waals surface area contributed by atoms with E-state index in [1.165, 1.54) is 0 Å². The highest BCUT2D eigenvalue weighted by molar-refractivity contribution is 6.61. The van der Waals surface area contributed by atoms with Crippen LogP contribution < -0.4 is 5.46 Å². The van der Waals surface area contributed by atoms with Crippen LogP contribution in [-0.2, 0) is 15.9 Å². The minimum atomic E-state index is -0.644. The lowest BCUT2D eigenvalue weighted by Gasteiger charge is -2.32. The molecule has 2 fully saturated rings. The Hall–Kier alpha value is -0.915. The summed E-state index contributed by atoms with van der Waals surface area (Å²) in [5.41, 5.74) is 0.283. The number of aromatic nitrogens is 2. The number of halogens is 1. The van der Waals surface area contributed by atoms with Gasteiger partial charge in [0.25, 0.3) is 0 Å². The summed E-state index contributed by atoms with van der Waals surface area (Å²) in [6, 6.07) is 0. The van der Waals surface area contributed by atoms with Crippen molar-refractivity contribution in [3.8, 4) is 0 Å². The molecule has 3 heterocycles. The first kappa shape index (κ1) is 16.9. The maximum Gasteiger partial charge on any atom is 0.498 e. The molecule has 0 amide bonds. The zero-order chi connectivity index (χ0) is 16.7. The number of hydrogen-bond donors (Lipinski definition) is 0. The number of alkyl halides is 1. The Bertz CT molecular complexity index is 533. The van der Waals surface area contributed by atoms with Gasteiger partial charge in [0, 0.05) is 44.0 Å². The summed E-state index contributed by atoms with van der Waals surface area (Å²) in [5.74, 6) is 0. The molecule has 1 aromatic heterocycles. The zero-order valence-corrected chi connectivity index (χ0v) is 14.6. The first-order chi connectivity index (χ1) is 10.8. The van der Waals surface area contributed by atoms with E-state index in [2.05, 4.69) is 10.00 Å². The molecule has 2 aliphatic heterocycles. The minimum Gasteiger partial charge on any atom is -0.399 e. The predicted molar refractivity (Wildman–Crippen MR) is 88.5 cm³/mol. The largest absolute Gasteiger partial charge is 0.498 e. The van der Waals surface area contributed by atoms with Crippen molar-refractivity contribution in [1.29, 1.82) is 0 Å². The molecule has 2 aliphatic rings. The van der Waals surface area contributed by atoms with Gasteiger partial charge in [-0.1, -0.05) is 0 Å². The number of nitrogens with zero attached hydrogens (tertiary/aromatic N) is 3. The highest BCUT2D eigenvalue weighted by Crippen LogP contribution is 2.36. The first-order valence-corrected chi connectivity index (χ1v) is 8.51. The van der Waals surface area contributed by atoms with Crippen LogP contribution in [0.25, 0.3) is 0 Å². The fourth-order valence-corrected chi connectivity index (χ4v) is 3.05. The maximum absolute atomic E-state index is 13.1. The molecule has 0 N–H and O–H groups in total. The molecule has 7 heteroatoms. The van der Waals surface area contributed by atoms with Crippen LogP contribution in [0.4, 0.5) is 4.39 Å². The second-order valence-corrected chi connectivity index (χ2v) is 7.67. The van der Waals surface area contributed by atoms with E-state index in [-0.39, 0.29) is 18.3 Å². The number of rotatable bonds is 5. The first-order valence-electron chi connectivity index (χ1n) is 8.51. The van der Waals surface area contributed by atoms with E-state index in [1.54, 1.807) is 0 Å². The van der Waals surface area contributed by atoms with E-state index in [9.17, 15) is 4.39 Å². The molecule has 1 aromatic rings. The van der Waals surface area contributed by atoms with Gasteiger partial charge in [-0.2, -0.15) is 5.10 Å². The van der Waals surface area contributed by atoms with Gasteiger partial charge in [0.05, 0.1) is 11.2 Å². The molecule has 3 rings (SSSR count). The summed E-state index contributed by atoms with van der Waals surface area (Å²) >= 11 is 0. The van der Waals surface area contributed by atoms with Crippen LogP contribution in [0.3, 0.4) is 0 Å². The van der Waals surface area contributed by atoms with E-state index in [0.717, 1.165) is 31.5 Å². The Morgan fingerprint density at radius 2 is 1.96 bits per heavy atom. The van der Waals surface area contributed by atoms with Crippen molar-refractivity contribution in [2.24, 2.45) is 0 Å². The Morgan fingerprint density at radius 3 is 2.57 bits per heavy atom. The van der Waals surface area contributed by atoms with Crippen molar-refractivity contribution in [1.82, 2.24) is 14.7 Å². The van der Waals surface area contributed by atoms with Crippen LogP contribution in [0.5, 0.6) is 0 Å². The molecular formula is C16H27BFN3O2. The van der Waals surface area contributed by atoms with Crippen molar-refractivity contribution in [3.63, 3.8) is 0 Å². The number of aryl methyl sites for hydroxylation is 1. The molecule has 1 atom stereocenters. The van der Waals surface area contributed by atoms with Crippen molar-refractivity contribution in [2.75, 3.05) is 19.6 Å². The highest BCUT2D eigenvalue weighted by Gasteiger charge is 2.52. The van der Waals surface area contributed by atoms with Gasteiger partial charge in [0.2, 0.25) is 0 Å². The van der Waals surface area contributed by atoms with Crippen molar-refractivity contribution >= 4 is 12.6 Å². The summed E-state index contributed by atoms with van der Waals surface area (Å²) in [7, 11) is -0.361. The van der Waals surface area contributed by atoms with E-state index >= 15 is 0 Å². The number of hydrogen-bond acceptors (Lipinski definition) is 4. The third-order valence-corrected chi connectivity index (χ3v) is 5.26. The molecule has 0 bridgehead atoms. The van der Waals surface area contributed by atoms with Crippen LogP contribution >= 0.6 is 0 Å². The monoisotopic (exact) mass is 323 g/mol. The van der Waals surface area contributed by atoms with E-state index in [0.29, 0.717) is 13.0 Å². The summed E-state index contributed by atoms with van der Waals surface area (Å²) < 4.78 is 27.1. The normalized spacial score (nSPS) is 27.0. The van der Waals surface area contributed by atoms with Crippen molar-refractivity contribution in [2.45, 2.75) is 64.5 Å². The number of likely N-dealkylation sites (tertiary alicyclic amines) is 1. The molecule has 0 spiro atoms. The minimum absolute atomic E-state index is 0.335. The molecule has 0 unspecified atom stereocenters. The molecule has 2 saturated heterocycles. The van der Waals surface area contributed by atoms with Crippen LogP contribution in [-0.4, -0.2) is 58.8 Å². The Morgan fingerprint density at radius 1 is 1.26 bits per heavy atom. The average molecular weight is 323 g/mol. The van der Waals surface area contributed by atoms with Crippen LogP contribution in [0.15, 0.2) is 12.4 Å². The van der Waals surface area contributed by atoms with Crippen LogP contribution in [0.2, 0.25) is 0 Å². The molecule has 0 aliphatic carbocycles. The Balaban J connectivity index is 1.51. The molecule has 5 nitrogen and oxygen atoms in total. The lowest BCUT2D eigenvalue weighted by molar-refractivity contribution is 0.00578. The van der Waals surface area contributed by atoms with Crippen LogP contribution in [0, 0.1) is 0 Å². The van der Waals surface area contributed by atoms with Gasteiger partial charge in [-0.15, -0.1) is 0 Å². The smallest absolute Gasteiger partial charge is 0.399 e. The Labute approximate surface area is 138 Å². The third kappa shape index (κ3) is 3.62. The molecule has 0 radical (unpaired) electrons. The summed E-state index contributed by atoms with van der Waals surface area (Å²) in [6.45, 7) is 11.4. The van der Waals surface area contributed by atoms with Crippen molar-refractivity contribution in [3.05, 3.63) is 12.4 Å². The summed E-state index contributed by atoms with van der Waals surface area (Å²) in [4.78, 5) is 2.18. The van der Waals surface area contributed by atoms with E-state index in [1.807, 2.05) is 44.8 Å². The van der Waals surface area contributed by atoms with Gasteiger partial charge >= 0.3 is 7.12 Å². The second kappa shape index (κ2) is 6.18. The van der Waals surface area contributed by atoms with Gasteiger partial charge in [-0.05, 0) is 40.5 Å². The average Bonchev–Trinajstić information content (AvgIpc) is 3.11. The molecule has 23 heavy (non-hydrogen) atoms. The van der Waals surface area contributed by atoms with Gasteiger partial charge < -0.3 is 14.2 Å². The van der Waals surface area contributed by atoms with E-state index < -0.39 is 6.17 Å². The second-order valence-electron chi connectivity index (χ2n) is 7.67. The molecule has 0 saturated carbocycles. The third-order valence-electron chi connectivity index (χ3n) is 5.26. The fraction of sp³-hybridized carbons (Fsp3) is 0.812. The molecular weight excluding hydrogens is 296 g/mol. The van der Waals surface area contributed by atoms with Crippen LogP contribution in [0.1, 0.15) is 40.5 Å². The fourth-order valence-electron chi connectivity index (χ4n) is 3.05. The summed E-state index contributed by atoms with van der Waals surface area (Å²) in [5, 5.41) is 4.40.